The summed E-state index contributed by atoms with van der Waals surface area (Å²) in [6.45, 7) is 4.62. The minimum Gasteiger partial charge on any atom is -0.0689 e. The van der Waals surface area contributed by atoms with Crippen LogP contribution in [0.2, 0.25) is 0 Å². The van der Waals surface area contributed by atoms with Crippen molar-refractivity contribution < 1.29 is 0 Å². The van der Waals surface area contributed by atoms with Crippen molar-refractivity contribution in [1.82, 2.24) is 0 Å². The van der Waals surface area contributed by atoms with E-state index in [0.717, 1.165) is 24.7 Å². The molecule has 4 rings (SSSR count). The number of hydrogen-bond acceptors (Lipinski definition) is 0. The predicted molar refractivity (Wildman–Crippen MR) is 117 cm³/mol. The van der Waals surface area contributed by atoms with E-state index in [4.69, 9.17) is 0 Å². The molecule has 0 bridgehead atoms. The van der Waals surface area contributed by atoms with E-state index in [0.29, 0.717) is 0 Å². The van der Waals surface area contributed by atoms with Crippen molar-refractivity contribution >= 4 is 5.57 Å². The van der Waals surface area contributed by atoms with Gasteiger partial charge in [-0.3, -0.25) is 0 Å². The van der Waals surface area contributed by atoms with E-state index in [1.54, 1.807) is 0 Å². The van der Waals surface area contributed by atoms with Gasteiger partial charge in [-0.2, -0.15) is 0 Å². The summed E-state index contributed by atoms with van der Waals surface area (Å²) in [6, 6.07) is 18.4. The number of rotatable bonds is 5. The number of hydrogen-bond donors (Lipinski definition) is 0. The Morgan fingerprint density at radius 2 is 1.52 bits per heavy atom. The molecule has 2 aliphatic rings. The van der Waals surface area contributed by atoms with Gasteiger partial charge in [0.15, 0.2) is 0 Å². The van der Waals surface area contributed by atoms with E-state index in [2.05, 4.69) is 74.5 Å². The van der Waals surface area contributed by atoms with E-state index in [1.165, 1.54) is 65.5 Å². The second kappa shape index (κ2) is 8.30. The van der Waals surface area contributed by atoms with E-state index >= 15 is 0 Å². The molecular weight excluding hydrogens is 324 g/mol. The lowest BCUT2D eigenvalue weighted by molar-refractivity contribution is 0.289. The molecule has 0 radical (unpaired) electrons. The third-order valence-electron chi connectivity index (χ3n) is 6.40. The molecule has 27 heavy (non-hydrogen) atoms. The quantitative estimate of drug-likeness (QED) is 0.524. The van der Waals surface area contributed by atoms with Gasteiger partial charge in [-0.05, 0) is 78.7 Å². The highest BCUT2D eigenvalue weighted by molar-refractivity contribution is 5.72. The van der Waals surface area contributed by atoms with Gasteiger partial charge in [0.1, 0.15) is 0 Å². The molecule has 2 aromatic rings. The molecule has 1 fully saturated rings. The van der Waals surface area contributed by atoms with Crippen LogP contribution in [-0.4, -0.2) is 0 Å². The summed E-state index contributed by atoms with van der Waals surface area (Å²) in [7, 11) is 0. The van der Waals surface area contributed by atoms with Crippen LogP contribution in [0, 0.1) is 11.8 Å². The van der Waals surface area contributed by atoms with Crippen LogP contribution in [0.5, 0.6) is 0 Å². The second-order valence-electron chi connectivity index (χ2n) is 8.91. The Kier molecular flexibility index (Phi) is 5.62. The fourth-order valence-electron chi connectivity index (χ4n) is 4.71. The van der Waals surface area contributed by atoms with Gasteiger partial charge >= 0.3 is 0 Å². The predicted octanol–water partition coefficient (Wildman–Crippen LogP) is 7.38. The lowest BCUT2D eigenvalue weighted by Gasteiger charge is -2.26. The van der Waals surface area contributed by atoms with E-state index in [1.807, 2.05) is 0 Å². The van der Waals surface area contributed by atoms with Gasteiger partial charge in [-0.1, -0.05) is 86.0 Å². The average Bonchev–Trinajstić information content (AvgIpc) is 3.11. The Morgan fingerprint density at radius 3 is 2.26 bits per heavy atom. The van der Waals surface area contributed by atoms with Gasteiger partial charge < -0.3 is 0 Å². The lowest BCUT2D eigenvalue weighted by Crippen LogP contribution is -2.14. The molecule has 0 heterocycles. The molecule has 0 atom stereocenters. The summed E-state index contributed by atoms with van der Waals surface area (Å²) in [6.07, 6.45) is 13.6. The molecule has 0 unspecified atom stereocenters. The maximum Gasteiger partial charge on any atom is -0.00255 e. The van der Waals surface area contributed by atoms with Crippen LogP contribution in [0.3, 0.4) is 0 Å². The Morgan fingerprint density at radius 1 is 0.815 bits per heavy atom. The van der Waals surface area contributed by atoms with Crippen LogP contribution < -0.4 is 0 Å². The van der Waals surface area contributed by atoms with Crippen LogP contribution in [0.1, 0.15) is 68.2 Å². The van der Waals surface area contributed by atoms with Crippen LogP contribution >= 0.6 is 0 Å². The van der Waals surface area contributed by atoms with Gasteiger partial charge in [-0.15, -0.1) is 0 Å². The van der Waals surface area contributed by atoms with Crippen molar-refractivity contribution in [3.63, 3.8) is 0 Å². The van der Waals surface area contributed by atoms with Crippen LogP contribution in [0.4, 0.5) is 0 Å². The molecule has 0 saturated heterocycles. The van der Waals surface area contributed by atoms with Gasteiger partial charge in [0.2, 0.25) is 0 Å². The monoisotopic (exact) mass is 356 g/mol. The topological polar surface area (TPSA) is 0 Å². The van der Waals surface area contributed by atoms with Gasteiger partial charge in [0, 0.05) is 0 Å². The highest BCUT2D eigenvalue weighted by atomic mass is 14.2. The summed E-state index contributed by atoms with van der Waals surface area (Å²) >= 11 is 0. The first-order valence-electron chi connectivity index (χ1n) is 10.7. The Hall–Kier alpha value is -2.08. The summed E-state index contributed by atoms with van der Waals surface area (Å²) in [5, 5.41) is 0. The molecule has 0 aliphatic heterocycles. The maximum absolute atomic E-state index is 2.45. The summed E-state index contributed by atoms with van der Waals surface area (Å²) < 4.78 is 0. The normalized spacial score (nSPS) is 22.4. The molecule has 2 aromatic carbocycles. The molecule has 140 valence electrons. The van der Waals surface area contributed by atoms with Gasteiger partial charge in [0.25, 0.3) is 0 Å². The Bertz CT molecular complexity index is 844. The summed E-state index contributed by atoms with van der Waals surface area (Å²) in [4.78, 5) is 0. The molecule has 2 aliphatic carbocycles. The molecule has 0 nitrogen and oxygen atoms in total. The van der Waals surface area contributed by atoms with E-state index < -0.39 is 0 Å². The largest absolute Gasteiger partial charge is 0.0689 e. The zero-order chi connectivity index (χ0) is 18.6. The zero-order valence-corrected chi connectivity index (χ0v) is 16.9. The fraction of sp³-hybridized carbons (Fsp3) is 0.407. The van der Waals surface area contributed by atoms with E-state index in [9.17, 15) is 0 Å². The van der Waals surface area contributed by atoms with Crippen molar-refractivity contribution in [3.05, 3.63) is 88.5 Å². The average molecular weight is 357 g/mol. The Labute approximate surface area is 165 Å². The van der Waals surface area contributed by atoms with E-state index in [-0.39, 0.29) is 0 Å². The van der Waals surface area contributed by atoms with Crippen molar-refractivity contribution in [2.45, 2.75) is 58.8 Å². The minimum absolute atomic E-state index is 0.893. The molecular formula is C27H32. The molecule has 0 aromatic heterocycles. The first kappa shape index (κ1) is 18.3. The van der Waals surface area contributed by atoms with Crippen molar-refractivity contribution in [2.75, 3.05) is 0 Å². The second-order valence-corrected chi connectivity index (χ2v) is 8.91. The smallest absolute Gasteiger partial charge is 0.00255 e. The van der Waals surface area contributed by atoms with Gasteiger partial charge in [0.05, 0.1) is 0 Å². The molecule has 1 saturated carbocycles. The SMILES string of the molecule is CC1=CC=C(c2cccc(Cc3cccc(CC4CCC(C)CC4)c3)c2)C1. The van der Waals surface area contributed by atoms with Crippen LogP contribution in [-0.2, 0) is 12.8 Å². The first-order chi connectivity index (χ1) is 13.2. The third kappa shape index (κ3) is 4.80. The third-order valence-corrected chi connectivity index (χ3v) is 6.40. The molecule has 0 N–H and O–H groups in total. The van der Waals surface area contributed by atoms with Gasteiger partial charge in [-0.25, -0.2) is 0 Å². The highest BCUT2D eigenvalue weighted by Crippen LogP contribution is 2.31. The maximum atomic E-state index is 2.45. The summed E-state index contributed by atoms with van der Waals surface area (Å²) in [5.41, 5.74) is 8.69. The lowest BCUT2D eigenvalue weighted by atomic mass is 9.80. The van der Waals surface area contributed by atoms with Crippen molar-refractivity contribution in [1.29, 1.82) is 0 Å². The fourth-order valence-corrected chi connectivity index (χ4v) is 4.71. The first-order valence-corrected chi connectivity index (χ1v) is 10.7. The van der Waals surface area contributed by atoms with Crippen molar-refractivity contribution in [3.8, 4) is 0 Å². The Balaban J connectivity index is 1.42. The number of allylic oxidation sites excluding steroid dienone is 4. The molecule has 0 amide bonds. The van der Waals surface area contributed by atoms with Crippen LogP contribution in [0.25, 0.3) is 5.57 Å². The molecule has 0 spiro atoms. The minimum atomic E-state index is 0.893. The van der Waals surface area contributed by atoms with Crippen LogP contribution in [0.15, 0.2) is 66.3 Å². The summed E-state index contributed by atoms with van der Waals surface area (Å²) in [5.74, 6) is 1.83. The highest BCUT2D eigenvalue weighted by Gasteiger charge is 2.18. The number of benzene rings is 2. The zero-order valence-electron chi connectivity index (χ0n) is 16.9. The molecule has 0 heteroatoms. The standard InChI is InChI=1S/C27H32/c1-20-9-12-22(13-10-20)16-23-5-3-6-24(17-23)18-25-7-4-8-26(19-25)27-14-11-21(2)15-27/h3-8,11,14,17,19-20,22H,9-10,12-13,15-16,18H2,1-2H3. The van der Waals surface area contributed by atoms with Crippen molar-refractivity contribution in [2.24, 2.45) is 11.8 Å².